The number of amides is 2. The Kier molecular flexibility index (Phi) is 4.89. The molecule has 0 aromatic heterocycles. The molecule has 1 aromatic carbocycles. The van der Waals surface area contributed by atoms with Crippen molar-refractivity contribution in [3.05, 3.63) is 23.8 Å². The molecule has 0 spiro atoms. The summed E-state index contributed by atoms with van der Waals surface area (Å²) in [5, 5.41) is 32.8. The van der Waals surface area contributed by atoms with Crippen LogP contribution in [-0.4, -0.2) is 49.1 Å². The normalized spacial score (nSPS) is 29.6. The number of fused-ring (bicyclic) bond motifs is 1. The van der Waals surface area contributed by atoms with E-state index < -0.39 is 46.7 Å². The topological polar surface area (TPSA) is 127 Å². The van der Waals surface area contributed by atoms with Crippen LogP contribution in [0.1, 0.15) is 52.6 Å². The van der Waals surface area contributed by atoms with Crippen molar-refractivity contribution in [2.75, 3.05) is 0 Å². The SMILES string of the molecule is CC(C)CC1(C(=O)O)NC(c2ccc(O)c(O)c2)C2C(=O)N(C(C)(C)C)C(=O)C21. The molecule has 2 fully saturated rings. The summed E-state index contributed by atoms with van der Waals surface area (Å²) in [7, 11) is 0. The molecule has 3 rings (SSSR count). The number of nitrogens with one attached hydrogen (secondary N) is 1. The first-order chi connectivity index (χ1) is 13.3. The summed E-state index contributed by atoms with van der Waals surface area (Å²) in [6, 6.07) is 3.32. The fourth-order valence-corrected chi connectivity index (χ4v) is 4.80. The first-order valence-corrected chi connectivity index (χ1v) is 9.72. The number of aromatic hydroxyl groups is 2. The monoisotopic (exact) mass is 404 g/mol. The van der Waals surface area contributed by atoms with Gasteiger partial charge in [-0.3, -0.25) is 24.6 Å². The Morgan fingerprint density at radius 3 is 2.28 bits per heavy atom. The molecule has 4 atom stereocenters. The number of rotatable bonds is 4. The number of hydrogen-bond donors (Lipinski definition) is 4. The Balaban J connectivity index is 2.20. The summed E-state index contributed by atoms with van der Waals surface area (Å²) in [6.07, 6.45) is 0.168. The predicted octanol–water partition coefficient (Wildman–Crippen LogP) is 2.01. The Morgan fingerprint density at radius 2 is 1.79 bits per heavy atom. The molecule has 4 unspecified atom stereocenters. The zero-order chi connectivity index (χ0) is 21.9. The predicted molar refractivity (Wildman–Crippen MR) is 104 cm³/mol. The van der Waals surface area contributed by atoms with E-state index in [9.17, 15) is 29.7 Å². The highest BCUT2D eigenvalue weighted by atomic mass is 16.4. The summed E-state index contributed by atoms with van der Waals surface area (Å²) in [5.74, 6) is -4.81. The lowest BCUT2D eigenvalue weighted by molar-refractivity contribution is -0.154. The van der Waals surface area contributed by atoms with E-state index >= 15 is 0 Å². The Bertz CT molecular complexity index is 874. The second kappa shape index (κ2) is 6.73. The van der Waals surface area contributed by atoms with Crippen molar-refractivity contribution < 1.29 is 29.7 Å². The van der Waals surface area contributed by atoms with Crippen LogP contribution >= 0.6 is 0 Å². The number of nitrogens with zero attached hydrogens (tertiary/aromatic N) is 1. The van der Waals surface area contributed by atoms with Gasteiger partial charge < -0.3 is 15.3 Å². The van der Waals surface area contributed by atoms with Crippen molar-refractivity contribution in [2.45, 2.75) is 58.2 Å². The van der Waals surface area contributed by atoms with E-state index in [4.69, 9.17) is 0 Å². The van der Waals surface area contributed by atoms with Crippen LogP contribution in [0.4, 0.5) is 0 Å². The van der Waals surface area contributed by atoms with Crippen LogP contribution in [-0.2, 0) is 14.4 Å². The van der Waals surface area contributed by atoms with Gasteiger partial charge in [-0.1, -0.05) is 19.9 Å². The van der Waals surface area contributed by atoms with E-state index in [2.05, 4.69) is 5.32 Å². The summed E-state index contributed by atoms with van der Waals surface area (Å²) in [6.45, 7) is 8.95. The average molecular weight is 404 g/mol. The maximum Gasteiger partial charge on any atom is 0.324 e. The van der Waals surface area contributed by atoms with Crippen molar-refractivity contribution in [2.24, 2.45) is 17.8 Å². The van der Waals surface area contributed by atoms with Gasteiger partial charge in [-0.2, -0.15) is 0 Å². The standard InChI is InChI=1S/C21H28N2O6/c1-10(2)9-21(19(28)29)15-14(17(26)23(18(15)27)20(3,4)5)16(22-21)11-6-7-12(24)13(25)8-11/h6-8,10,14-16,22,24-25H,9H2,1-5H3,(H,28,29). The third kappa shape index (κ3) is 3.15. The van der Waals surface area contributed by atoms with Gasteiger partial charge in [0.2, 0.25) is 11.8 Å². The van der Waals surface area contributed by atoms with Crippen LogP contribution in [0.5, 0.6) is 11.5 Å². The van der Waals surface area contributed by atoms with Crippen LogP contribution in [0, 0.1) is 17.8 Å². The Hall–Kier alpha value is -2.61. The first kappa shape index (κ1) is 21.1. The number of aliphatic carboxylic acids is 1. The Morgan fingerprint density at radius 1 is 1.17 bits per heavy atom. The molecule has 2 amide bonds. The van der Waals surface area contributed by atoms with E-state index in [1.54, 1.807) is 20.8 Å². The van der Waals surface area contributed by atoms with E-state index in [1.165, 1.54) is 23.1 Å². The van der Waals surface area contributed by atoms with Crippen LogP contribution in [0.3, 0.4) is 0 Å². The molecule has 29 heavy (non-hydrogen) atoms. The van der Waals surface area contributed by atoms with Gasteiger partial charge in [0.1, 0.15) is 5.54 Å². The fourth-order valence-electron chi connectivity index (χ4n) is 4.80. The molecule has 2 saturated heterocycles. The molecular weight excluding hydrogens is 376 g/mol. The van der Waals surface area contributed by atoms with Crippen LogP contribution in [0.15, 0.2) is 18.2 Å². The molecule has 0 radical (unpaired) electrons. The van der Waals surface area contributed by atoms with Gasteiger partial charge in [0.25, 0.3) is 0 Å². The largest absolute Gasteiger partial charge is 0.504 e. The molecule has 158 valence electrons. The van der Waals surface area contributed by atoms with Crippen LogP contribution in [0.2, 0.25) is 0 Å². The maximum atomic E-state index is 13.4. The van der Waals surface area contributed by atoms with Crippen LogP contribution < -0.4 is 5.32 Å². The number of carbonyl (C=O) groups excluding carboxylic acids is 2. The van der Waals surface area contributed by atoms with Gasteiger partial charge in [0.15, 0.2) is 11.5 Å². The summed E-state index contributed by atoms with van der Waals surface area (Å²) in [5.41, 5.74) is -1.95. The summed E-state index contributed by atoms with van der Waals surface area (Å²) in [4.78, 5) is 40.3. The smallest absolute Gasteiger partial charge is 0.324 e. The van der Waals surface area contributed by atoms with E-state index in [-0.39, 0.29) is 23.8 Å². The first-order valence-electron chi connectivity index (χ1n) is 9.72. The lowest BCUT2D eigenvalue weighted by atomic mass is 9.75. The van der Waals surface area contributed by atoms with Crippen molar-refractivity contribution in [3.63, 3.8) is 0 Å². The van der Waals surface area contributed by atoms with Gasteiger partial charge in [-0.05, 0) is 50.8 Å². The second-order valence-electron chi connectivity index (χ2n) is 9.43. The van der Waals surface area contributed by atoms with E-state index in [1.807, 2.05) is 13.8 Å². The third-order valence-electron chi connectivity index (χ3n) is 5.80. The fraction of sp³-hybridized carbons (Fsp3) is 0.571. The molecule has 0 bridgehead atoms. The molecule has 2 heterocycles. The summed E-state index contributed by atoms with van der Waals surface area (Å²) >= 11 is 0. The number of likely N-dealkylation sites (tertiary alicyclic amines) is 1. The minimum absolute atomic E-state index is 0.0437. The van der Waals surface area contributed by atoms with E-state index in [0.29, 0.717) is 5.56 Å². The number of phenols is 2. The van der Waals surface area contributed by atoms with Crippen molar-refractivity contribution >= 4 is 17.8 Å². The quantitative estimate of drug-likeness (QED) is 0.446. The van der Waals surface area contributed by atoms with Gasteiger partial charge in [-0.25, -0.2) is 0 Å². The molecule has 4 N–H and O–H groups in total. The van der Waals surface area contributed by atoms with Crippen molar-refractivity contribution in [1.82, 2.24) is 10.2 Å². The number of phenolic OH excluding ortho intramolecular Hbond substituents is 2. The Labute approximate surface area is 169 Å². The molecular formula is C21H28N2O6. The molecule has 2 aliphatic heterocycles. The lowest BCUT2D eigenvalue weighted by Crippen LogP contribution is -2.58. The number of carboxylic acids is 1. The highest BCUT2D eigenvalue weighted by Crippen LogP contribution is 2.52. The number of hydrogen-bond acceptors (Lipinski definition) is 6. The number of imide groups is 1. The van der Waals surface area contributed by atoms with Gasteiger partial charge >= 0.3 is 5.97 Å². The number of carbonyl (C=O) groups is 3. The molecule has 2 aliphatic rings. The zero-order valence-corrected chi connectivity index (χ0v) is 17.3. The average Bonchev–Trinajstić information content (AvgIpc) is 3.04. The lowest BCUT2D eigenvalue weighted by Gasteiger charge is -2.36. The third-order valence-corrected chi connectivity index (χ3v) is 5.80. The van der Waals surface area contributed by atoms with E-state index in [0.717, 1.165) is 0 Å². The minimum Gasteiger partial charge on any atom is -0.504 e. The highest BCUT2D eigenvalue weighted by molar-refractivity contribution is 6.10. The number of benzene rings is 1. The molecule has 8 heteroatoms. The molecule has 0 aliphatic carbocycles. The maximum absolute atomic E-state index is 13.4. The highest BCUT2D eigenvalue weighted by Gasteiger charge is 2.69. The summed E-state index contributed by atoms with van der Waals surface area (Å²) < 4.78 is 0. The van der Waals surface area contributed by atoms with Crippen LogP contribution in [0.25, 0.3) is 0 Å². The molecule has 8 nitrogen and oxygen atoms in total. The van der Waals surface area contributed by atoms with Gasteiger partial charge in [0, 0.05) is 11.6 Å². The molecule has 1 aromatic rings. The molecule has 0 saturated carbocycles. The number of carboxylic acid groups (broad SMARTS) is 1. The van der Waals surface area contributed by atoms with Crippen molar-refractivity contribution in [1.29, 1.82) is 0 Å². The van der Waals surface area contributed by atoms with Gasteiger partial charge in [0.05, 0.1) is 11.8 Å². The zero-order valence-electron chi connectivity index (χ0n) is 17.3. The van der Waals surface area contributed by atoms with Crippen molar-refractivity contribution in [3.8, 4) is 11.5 Å². The minimum atomic E-state index is -1.61. The van der Waals surface area contributed by atoms with Gasteiger partial charge in [-0.15, -0.1) is 0 Å². The second-order valence-corrected chi connectivity index (χ2v) is 9.43.